The fourth-order valence-electron chi connectivity index (χ4n) is 1.39. The fourth-order valence-corrected chi connectivity index (χ4v) is 1.39. The average Bonchev–Trinajstić information content (AvgIpc) is 2.35. The standard InChI is InChI=1S/C11H19N5O2/c1-5-16(3)10(17)7(2)13-8-6-9(18-4)15-11(12)14-8/h6-7H,5H2,1-4H3,(H3,12,13,14,15). The molecule has 18 heavy (non-hydrogen) atoms. The predicted octanol–water partition coefficient (Wildman–Crippen LogP) is 0.346. The molecule has 7 heteroatoms. The summed E-state index contributed by atoms with van der Waals surface area (Å²) < 4.78 is 4.98. The Labute approximate surface area is 106 Å². The first-order valence-corrected chi connectivity index (χ1v) is 5.68. The lowest BCUT2D eigenvalue weighted by molar-refractivity contribution is -0.130. The lowest BCUT2D eigenvalue weighted by Crippen LogP contribution is -2.39. The van der Waals surface area contributed by atoms with E-state index in [1.807, 2.05) is 6.92 Å². The SMILES string of the molecule is CCN(C)C(=O)C(C)Nc1cc(OC)nc(N)n1. The van der Waals surface area contributed by atoms with Crippen LogP contribution in [-0.4, -0.2) is 47.5 Å². The van der Waals surface area contributed by atoms with E-state index in [1.165, 1.54) is 7.11 Å². The molecule has 0 spiro atoms. The quantitative estimate of drug-likeness (QED) is 0.786. The minimum atomic E-state index is -0.394. The average molecular weight is 253 g/mol. The Kier molecular flexibility index (Phi) is 4.70. The van der Waals surface area contributed by atoms with Gasteiger partial charge >= 0.3 is 0 Å². The first kappa shape index (κ1) is 14.0. The molecule has 1 rings (SSSR count). The van der Waals surface area contributed by atoms with E-state index in [-0.39, 0.29) is 11.9 Å². The molecule has 0 saturated carbocycles. The molecule has 0 radical (unpaired) electrons. The van der Waals surface area contributed by atoms with E-state index in [2.05, 4.69) is 15.3 Å². The number of hydrogen-bond donors (Lipinski definition) is 2. The van der Waals surface area contributed by atoms with Crippen molar-refractivity contribution in [2.75, 3.05) is 31.8 Å². The van der Waals surface area contributed by atoms with Gasteiger partial charge in [-0.25, -0.2) is 0 Å². The van der Waals surface area contributed by atoms with Gasteiger partial charge in [-0.1, -0.05) is 0 Å². The molecule has 1 heterocycles. The Hall–Kier alpha value is -2.05. The molecule has 0 aromatic carbocycles. The van der Waals surface area contributed by atoms with E-state index < -0.39 is 6.04 Å². The van der Waals surface area contributed by atoms with Gasteiger partial charge in [0.15, 0.2) is 0 Å². The van der Waals surface area contributed by atoms with Crippen LogP contribution >= 0.6 is 0 Å². The van der Waals surface area contributed by atoms with Gasteiger partial charge in [0.05, 0.1) is 7.11 Å². The highest BCUT2D eigenvalue weighted by Crippen LogP contribution is 2.15. The Morgan fingerprint density at radius 2 is 2.28 bits per heavy atom. The minimum Gasteiger partial charge on any atom is -0.481 e. The molecule has 0 aliphatic carbocycles. The molecule has 1 amide bonds. The van der Waals surface area contributed by atoms with Gasteiger partial charge in [0.2, 0.25) is 17.7 Å². The Morgan fingerprint density at radius 3 is 2.83 bits per heavy atom. The van der Waals surface area contributed by atoms with Gasteiger partial charge in [0.25, 0.3) is 0 Å². The normalized spacial score (nSPS) is 11.8. The topological polar surface area (TPSA) is 93.4 Å². The number of carbonyl (C=O) groups excluding carboxylic acids is 1. The molecule has 1 unspecified atom stereocenters. The zero-order valence-electron chi connectivity index (χ0n) is 11.1. The summed E-state index contributed by atoms with van der Waals surface area (Å²) in [5.74, 6) is 0.896. The van der Waals surface area contributed by atoms with E-state index in [0.717, 1.165) is 0 Å². The second-order valence-electron chi connectivity index (χ2n) is 3.87. The van der Waals surface area contributed by atoms with Crippen LogP contribution in [0.3, 0.4) is 0 Å². The number of nitrogens with two attached hydrogens (primary N) is 1. The third-order valence-electron chi connectivity index (χ3n) is 2.51. The first-order valence-electron chi connectivity index (χ1n) is 5.68. The maximum Gasteiger partial charge on any atom is 0.244 e. The number of anilines is 2. The molecule has 0 fully saturated rings. The highest BCUT2D eigenvalue weighted by molar-refractivity contribution is 5.83. The van der Waals surface area contributed by atoms with Crippen LogP contribution in [0.15, 0.2) is 6.07 Å². The number of nitrogens with zero attached hydrogens (tertiary/aromatic N) is 3. The molecule has 3 N–H and O–H groups in total. The molecule has 100 valence electrons. The fraction of sp³-hybridized carbons (Fsp3) is 0.545. The van der Waals surface area contributed by atoms with Crippen LogP contribution in [0.5, 0.6) is 5.88 Å². The number of likely N-dealkylation sites (N-methyl/N-ethyl adjacent to an activating group) is 1. The molecule has 1 atom stereocenters. The van der Waals surface area contributed by atoms with Crippen molar-refractivity contribution in [1.82, 2.24) is 14.9 Å². The van der Waals surface area contributed by atoms with Gasteiger partial charge in [0, 0.05) is 19.7 Å². The van der Waals surface area contributed by atoms with E-state index >= 15 is 0 Å². The second-order valence-corrected chi connectivity index (χ2v) is 3.87. The van der Waals surface area contributed by atoms with Crippen LogP contribution in [0, 0.1) is 0 Å². The highest BCUT2D eigenvalue weighted by atomic mass is 16.5. The molecule has 1 aromatic heterocycles. The van der Waals surface area contributed by atoms with Crippen LogP contribution in [0.4, 0.5) is 11.8 Å². The van der Waals surface area contributed by atoms with Crippen molar-refractivity contribution in [3.8, 4) is 5.88 Å². The van der Waals surface area contributed by atoms with Crippen LogP contribution in [-0.2, 0) is 4.79 Å². The predicted molar refractivity (Wildman–Crippen MR) is 69.4 cm³/mol. The number of methoxy groups -OCH3 is 1. The van der Waals surface area contributed by atoms with E-state index in [0.29, 0.717) is 18.2 Å². The number of carbonyl (C=O) groups is 1. The molecule has 0 aliphatic heterocycles. The van der Waals surface area contributed by atoms with Crippen molar-refractivity contribution in [3.63, 3.8) is 0 Å². The molecule has 1 aromatic rings. The summed E-state index contributed by atoms with van der Waals surface area (Å²) in [5.41, 5.74) is 5.54. The number of aromatic nitrogens is 2. The molecular formula is C11H19N5O2. The molecule has 7 nitrogen and oxygen atoms in total. The van der Waals surface area contributed by atoms with Crippen molar-refractivity contribution >= 4 is 17.7 Å². The number of ether oxygens (including phenoxy) is 1. The summed E-state index contributed by atoms with van der Waals surface area (Å²) in [6.07, 6.45) is 0. The van der Waals surface area contributed by atoms with Gasteiger partial charge in [0.1, 0.15) is 11.9 Å². The van der Waals surface area contributed by atoms with Gasteiger partial charge in [-0.05, 0) is 13.8 Å². The van der Waals surface area contributed by atoms with Gasteiger partial charge in [-0.2, -0.15) is 9.97 Å². The van der Waals surface area contributed by atoms with E-state index in [1.54, 1.807) is 24.9 Å². The first-order chi connectivity index (χ1) is 8.47. The Bertz CT molecular complexity index is 424. The highest BCUT2D eigenvalue weighted by Gasteiger charge is 2.17. The van der Waals surface area contributed by atoms with E-state index in [9.17, 15) is 4.79 Å². The number of amides is 1. The van der Waals surface area contributed by atoms with E-state index in [4.69, 9.17) is 10.5 Å². The lowest BCUT2D eigenvalue weighted by atomic mass is 10.3. The number of nitrogens with one attached hydrogen (secondary N) is 1. The second kappa shape index (κ2) is 6.04. The largest absolute Gasteiger partial charge is 0.481 e. The smallest absolute Gasteiger partial charge is 0.244 e. The molecular weight excluding hydrogens is 234 g/mol. The summed E-state index contributed by atoms with van der Waals surface area (Å²) in [6.45, 7) is 4.33. The van der Waals surface area contributed by atoms with Crippen molar-refractivity contribution in [2.45, 2.75) is 19.9 Å². The molecule has 0 saturated heterocycles. The zero-order valence-corrected chi connectivity index (χ0v) is 11.1. The molecule has 0 bridgehead atoms. The third kappa shape index (κ3) is 3.47. The maximum atomic E-state index is 11.9. The van der Waals surface area contributed by atoms with Crippen molar-refractivity contribution < 1.29 is 9.53 Å². The van der Waals surface area contributed by atoms with Crippen LogP contribution in [0.2, 0.25) is 0 Å². The van der Waals surface area contributed by atoms with Crippen LogP contribution in [0.1, 0.15) is 13.8 Å². The summed E-state index contributed by atoms with van der Waals surface area (Å²) in [6, 6.07) is 1.19. The number of hydrogen-bond acceptors (Lipinski definition) is 6. The van der Waals surface area contributed by atoms with Crippen molar-refractivity contribution in [3.05, 3.63) is 6.07 Å². The van der Waals surface area contributed by atoms with Crippen LogP contribution in [0.25, 0.3) is 0 Å². The van der Waals surface area contributed by atoms with Gasteiger partial charge in [-0.15, -0.1) is 0 Å². The Balaban J connectivity index is 2.78. The van der Waals surface area contributed by atoms with Crippen molar-refractivity contribution in [2.24, 2.45) is 0 Å². The number of rotatable bonds is 5. The van der Waals surface area contributed by atoms with Crippen molar-refractivity contribution in [1.29, 1.82) is 0 Å². The molecule has 0 aliphatic rings. The Morgan fingerprint density at radius 1 is 1.61 bits per heavy atom. The monoisotopic (exact) mass is 253 g/mol. The summed E-state index contributed by atoms with van der Waals surface area (Å²) >= 11 is 0. The summed E-state index contributed by atoms with van der Waals surface area (Å²) in [5, 5.41) is 2.97. The zero-order chi connectivity index (χ0) is 13.7. The van der Waals surface area contributed by atoms with Gasteiger partial charge in [-0.3, -0.25) is 4.79 Å². The third-order valence-corrected chi connectivity index (χ3v) is 2.51. The van der Waals surface area contributed by atoms with Crippen LogP contribution < -0.4 is 15.8 Å². The van der Waals surface area contributed by atoms with Gasteiger partial charge < -0.3 is 20.7 Å². The maximum absolute atomic E-state index is 11.9. The number of nitrogen functional groups attached to an aromatic ring is 1. The lowest BCUT2D eigenvalue weighted by Gasteiger charge is -2.21. The summed E-state index contributed by atoms with van der Waals surface area (Å²) in [7, 11) is 3.24. The summed E-state index contributed by atoms with van der Waals surface area (Å²) in [4.78, 5) is 21.4. The minimum absolute atomic E-state index is 0.0198.